The number of amides is 1. The molecule has 0 heterocycles. The second-order valence-corrected chi connectivity index (χ2v) is 6.57. The molecule has 0 unspecified atom stereocenters. The van der Waals surface area contributed by atoms with Crippen LogP contribution >= 0.6 is 0 Å². The predicted octanol–water partition coefficient (Wildman–Crippen LogP) is 3.49. The van der Waals surface area contributed by atoms with Crippen molar-refractivity contribution in [2.75, 3.05) is 25.5 Å². The predicted molar refractivity (Wildman–Crippen MR) is 96.0 cm³/mol. The van der Waals surface area contributed by atoms with Gasteiger partial charge in [-0.2, -0.15) is 0 Å². The third-order valence-corrected chi connectivity index (χ3v) is 3.77. The van der Waals surface area contributed by atoms with Crippen LogP contribution in [-0.2, 0) is 0 Å². The first kappa shape index (κ1) is 17.0. The van der Waals surface area contributed by atoms with Crippen LogP contribution in [0, 0.1) is 5.41 Å². The van der Waals surface area contributed by atoms with E-state index in [-0.39, 0.29) is 11.3 Å². The smallest absolute Gasteiger partial charge is 0.255 e. The fraction of sp³-hybridized carbons (Fsp3) is 0.316. The summed E-state index contributed by atoms with van der Waals surface area (Å²) in [6, 6.07) is 17.4. The minimum Gasteiger partial charge on any atom is -0.355 e. The first-order valence-corrected chi connectivity index (χ1v) is 7.79. The van der Waals surface area contributed by atoms with E-state index in [1.165, 1.54) is 0 Å². The summed E-state index contributed by atoms with van der Waals surface area (Å²) in [5.41, 5.74) is 8.09. The van der Waals surface area contributed by atoms with E-state index in [9.17, 15) is 4.79 Å². The highest BCUT2D eigenvalue weighted by atomic mass is 16.2. The molecule has 0 spiro atoms. The molecule has 122 valence electrons. The van der Waals surface area contributed by atoms with Crippen LogP contribution < -0.4 is 11.1 Å². The van der Waals surface area contributed by atoms with Crippen LogP contribution in [0.5, 0.6) is 0 Å². The highest BCUT2D eigenvalue weighted by Gasteiger charge is 2.23. The van der Waals surface area contributed by atoms with Crippen molar-refractivity contribution in [1.82, 2.24) is 4.90 Å². The first-order valence-electron chi connectivity index (χ1n) is 7.79. The van der Waals surface area contributed by atoms with Crippen molar-refractivity contribution in [3.63, 3.8) is 0 Å². The van der Waals surface area contributed by atoms with E-state index in [2.05, 4.69) is 19.2 Å². The molecular formula is C19H25N3O. The summed E-state index contributed by atoms with van der Waals surface area (Å²) in [5.74, 6) is -0.00874. The van der Waals surface area contributed by atoms with Crippen LogP contribution in [0.4, 0.5) is 11.4 Å². The molecule has 2 aromatic rings. The largest absolute Gasteiger partial charge is 0.355 e. The molecule has 0 aliphatic rings. The van der Waals surface area contributed by atoms with Crippen molar-refractivity contribution in [2.45, 2.75) is 13.8 Å². The molecule has 2 aromatic carbocycles. The van der Waals surface area contributed by atoms with Crippen LogP contribution in [0.1, 0.15) is 24.2 Å². The second kappa shape index (κ2) is 7.29. The molecule has 0 radical (unpaired) electrons. The van der Waals surface area contributed by atoms with E-state index in [0.29, 0.717) is 18.7 Å². The van der Waals surface area contributed by atoms with Gasteiger partial charge in [0.25, 0.3) is 5.91 Å². The second-order valence-electron chi connectivity index (χ2n) is 6.57. The van der Waals surface area contributed by atoms with Crippen LogP contribution in [0.2, 0.25) is 0 Å². The summed E-state index contributed by atoms with van der Waals surface area (Å²) in [7, 11) is 1.82. The minimum absolute atomic E-state index is 0.00874. The number of hydrogen-bond donors (Lipinski definition) is 2. The van der Waals surface area contributed by atoms with Crippen molar-refractivity contribution in [1.29, 1.82) is 0 Å². The van der Waals surface area contributed by atoms with Gasteiger partial charge in [0.15, 0.2) is 0 Å². The van der Waals surface area contributed by atoms with Gasteiger partial charge in [0.2, 0.25) is 0 Å². The van der Waals surface area contributed by atoms with E-state index >= 15 is 0 Å². The van der Waals surface area contributed by atoms with Crippen LogP contribution in [0.15, 0.2) is 54.6 Å². The average Bonchev–Trinajstić information content (AvgIpc) is 2.55. The minimum atomic E-state index is -0.105. The molecule has 0 saturated carbocycles. The maximum Gasteiger partial charge on any atom is 0.255 e. The number of anilines is 2. The zero-order chi connectivity index (χ0) is 16.9. The Morgan fingerprint density at radius 3 is 2.35 bits per heavy atom. The third-order valence-electron chi connectivity index (χ3n) is 3.77. The molecule has 0 aromatic heterocycles. The molecule has 0 aliphatic carbocycles. The Morgan fingerprint density at radius 1 is 1.09 bits per heavy atom. The fourth-order valence-corrected chi connectivity index (χ4v) is 2.44. The van der Waals surface area contributed by atoms with E-state index in [1.807, 2.05) is 61.6 Å². The van der Waals surface area contributed by atoms with Gasteiger partial charge in [-0.15, -0.1) is 0 Å². The summed E-state index contributed by atoms with van der Waals surface area (Å²) >= 11 is 0. The van der Waals surface area contributed by atoms with Gasteiger partial charge >= 0.3 is 0 Å². The Balaban J connectivity index is 2.21. The standard InChI is InChI=1S/C19H25N3O/c1-19(2,13-20)14-22(3)18(23)16-11-7-8-12-17(16)21-15-9-5-4-6-10-15/h4-12,21H,13-14,20H2,1-3H3. The van der Waals surface area contributed by atoms with Gasteiger partial charge < -0.3 is 16.0 Å². The van der Waals surface area contributed by atoms with Crippen molar-refractivity contribution in [2.24, 2.45) is 11.1 Å². The Morgan fingerprint density at radius 2 is 1.70 bits per heavy atom. The lowest BCUT2D eigenvalue weighted by Gasteiger charge is -2.29. The summed E-state index contributed by atoms with van der Waals surface area (Å²) in [6.45, 7) is 5.27. The normalized spacial score (nSPS) is 11.1. The number of nitrogens with one attached hydrogen (secondary N) is 1. The number of nitrogens with zero attached hydrogens (tertiary/aromatic N) is 1. The van der Waals surface area contributed by atoms with Gasteiger partial charge in [0.05, 0.1) is 11.3 Å². The fourth-order valence-electron chi connectivity index (χ4n) is 2.44. The van der Waals surface area contributed by atoms with E-state index in [0.717, 1.165) is 11.4 Å². The summed E-state index contributed by atoms with van der Waals surface area (Å²) in [6.07, 6.45) is 0. The first-order chi connectivity index (χ1) is 10.9. The highest BCUT2D eigenvalue weighted by molar-refractivity contribution is 6.00. The number of nitrogens with two attached hydrogens (primary N) is 1. The van der Waals surface area contributed by atoms with Crippen molar-refractivity contribution < 1.29 is 4.79 Å². The lowest BCUT2D eigenvalue weighted by Crippen LogP contribution is -2.39. The van der Waals surface area contributed by atoms with Gasteiger partial charge in [0.1, 0.15) is 0 Å². The van der Waals surface area contributed by atoms with Gasteiger partial charge in [-0.25, -0.2) is 0 Å². The maximum absolute atomic E-state index is 12.8. The zero-order valence-corrected chi connectivity index (χ0v) is 14.0. The Kier molecular flexibility index (Phi) is 5.40. The number of hydrogen-bond acceptors (Lipinski definition) is 3. The Hall–Kier alpha value is -2.33. The number of carbonyl (C=O) groups is 1. The number of para-hydroxylation sites is 2. The van der Waals surface area contributed by atoms with Gasteiger partial charge in [-0.3, -0.25) is 4.79 Å². The number of carbonyl (C=O) groups excluding carboxylic acids is 1. The van der Waals surface area contributed by atoms with E-state index < -0.39 is 0 Å². The monoisotopic (exact) mass is 311 g/mol. The molecule has 4 nitrogen and oxygen atoms in total. The molecule has 3 N–H and O–H groups in total. The van der Waals surface area contributed by atoms with Crippen molar-refractivity contribution in [3.8, 4) is 0 Å². The topological polar surface area (TPSA) is 58.4 Å². The molecule has 0 bridgehead atoms. The Labute approximate surface area is 138 Å². The van der Waals surface area contributed by atoms with Crippen LogP contribution in [0.25, 0.3) is 0 Å². The molecular weight excluding hydrogens is 286 g/mol. The molecule has 0 atom stereocenters. The molecule has 23 heavy (non-hydrogen) atoms. The summed E-state index contributed by atoms with van der Waals surface area (Å²) in [5, 5.41) is 3.31. The maximum atomic E-state index is 12.8. The summed E-state index contributed by atoms with van der Waals surface area (Å²) in [4.78, 5) is 14.5. The van der Waals surface area contributed by atoms with Gasteiger partial charge in [-0.05, 0) is 36.2 Å². The van der Waals surface area contributed by atoms with Crippen LogP contribution in [0.3, 0.4) is 0 Å². The van der Waals surface area contributed by atoms with Crippen molar-refractivity contribution in [3.05, 3.63) is 60.2 Å². The van der Waals surface area contributed by atoms with E-state index in [4.69, 9.17) is 5.73 Å². The lowest BCUT2D eigenvalue weighted by molar-refractivity contribution is 0.0741. The average molecular weight is 311 g/mol. The molecule has 1 amide bonds. The van der Waals surface area contributed by atoms with Crippen molar-refractivity contribution >= 4 is 17.3 Å². The Bertz CT molecular complexity index is 653. The molecule has 4 heteroatoms. The van der Waals surface area contributed by atoms with Gasteiger partial charge in [0, 0.05) is 19.3 Å². The van der Waals surface area contributed by atoms with E-state index in [1.54, 1.807) is 4.90 Å². The highest BCUT2D eigenvalue weighted by Crippen LogP contribution is 2.23. The molecule has 2 rings (SSSR count). The number of rotatable bonds is 6. The molecule has 0 saturated heterocycles. The SMILES string of the molecule is CN(CC(C)(C)CN)C(=O)c1ccccc1Nc1ccccc1. The number of benzene rings is 2. The van der Waals surface area contributed by atoms with Gasteiger partial charge in [-0.1, -0.05) is 44.2 Å². The lowest BCUT2D eigenvalue weighted by atomic mass is 9.93. The molecule has 0 fully saturated rings. The molecule has 0 aliphatic heterocycles. The zero-order valence-electron chi connectivity index (χ0n) is 14.0. The quantitative estimate of drug-likeness (QED) is 0.858. The van der Waals surface area contributed by atoms with Crippen LogP contribution in [-0.4, -0.2) is 30.9 Å². The third kappa shape index (κ3) is 4.57. The summed E-state index contributed by atoms with van der Waals surface area (Å²) < 4.78 is 0.